The van der Waals surface area contributed by atoms with Crippen LogP contribution in [0.25, 0.3) is 10.2 Å². The van der Waals surface area contributed by atoms with E-state index in [9.17, 15) is 14.4 Å². The minimum atomic E-state index is -1.33. The normalized spacial score (nSPS) is 11.5. The number of aryl methyl sites for hydroxylation is 1. The number of aromatic nitrogens is 2. The summed E-state index contributed by atoms with van der Waals surface area (Å²) in [5, 5.41) is 0.278. The number of methoxy groups -OCH3 is 1. The van der Waals surface area contributed by atoms with Gasteiger partial charge < -0.3 is 15.2 Å². The van der Waals surface area contributed by atoms with Crippen LogP contribution in [0.5, 0.6) is 5.75 Å². The zero-order valence-electron chi connectivity index (χ0n) is 18.1. The molecule has 31 heavy (non-hydrogen) atoms. The van der Waals surface area contributed by atoms with Crippen molar-refractivity contribution in [3.05, 3.63) is 56.4 Å². The lowest BCUT2D eigenvalue weighted by Gasteiger charge is -2.28. The van der Waals surface area contributed by atoms with Gasteiger partial charge in [0.1, 0.15) is 21.9 Å². The molecule has 0 aliphatic rings. The second kappa shape index (κ2) is 8.50. The maximum Gasteiger partial charge on any atom is 0.331 e. The second-order valence-electron chi connectivity index (χ2n) is 7.54. The van der Waals surface area contributed by atoms with Crippen LogP contribution in [0.15, 0.2) is 29.1 Å². The van der Waals surface area contributed by atoms with Gasteiger partial charge >= 0.3 is 5.97 Å². The van der Waals surface area contributed by atoms with Gasteiger partial charge in [0, 0.05) is 12.0 Å². The molecule has 0 unspecified atom stereocenters. The maximum atomic E-state index is 13.6. The molecule has 2 heterocycles. The zero-order valence-corrected chi connectivity index (χ0v) is 19.0. The molecular weight excluding hydrogens is 418 g/mol. The predicted molar refractivity (Wildman–Crippen MR) is 119 cm³/mol. The summed E-state index contributed by atoms with van der Waals surface area (Å²) in [6.45, 7) is 6.77. The number of carbonyl (C=O) groups excluding carboxylic acids is 2. The second-order valence-corrected chi connectivity index (χ2v) is 8.54. The Morgan fingerprint density at radius 1 is 1.26 bits per heavy atom. The molecule has 1 aromatic carbocycles. The van der Waals surface area contributed by atoms with Crippen LogP contribution in [-0.2, 0) is 21.5 Å². The number of amides is 1. The smallest absolute Gasteiger partial charge is 0.331 e. The van der Waals surface area contributed by atoms with E-state index >= 15 is 0 Å². The van der Waals surface area contributed by atoms with Crippen molar-refractivity contribution in [2.45, 2.75) is 39.7 Å². The molecule has 1 amide bonds. The number of rotatable bonds is 7. The van der Waals surface area contributed by atoms with E-state index in [1.807, 2.05) is 24.3 Å². The van der Waals surface area contributed by atoms with Crippen LogP contribution < -0.4 is 16.0 Å². The van der Waals surface area contributed by atoms with E-state index in [4.69, 9.17) is 15.2 Å². The number of primary amides is 1. The zero-order chi connectivity index (χ0) is 22.9. The highest BCUT2D eigenvalue weighted by Crippen LogP contribution is 2.30. The molecule has 0 spiro atoms. The Bertz CT molecular complexity index is 1230. The number of hydrogen-bond donors (Lipinski definition) is 1. The molecule has 0 saturated carbocycles. The molecule has 8 nitrogen and oxygen atoms in total. The number of esters is 1. The number of thiophene rings is 1. The summed E-state index contributed by atoms with van der Waals surface area (Å²) < 4.78 is 12.0. The molecule has 2 aromatic heterocycles. The summed E-state index contributed by atoms with van der Waals surface area (Å²) in [6.07, 6.45) is 0.237. The van der Waals surface area contributed by atoms with Crippen LogP contribution in [0, 0.1) is 6.92 Å². The SMILES string of the molecule is CCOC(=O)C(C)(C)n1c(Cc2ccccc2OC)nc2sc(C(N)=O)c(C)c2c1=O. The molecule has 0 aliphatic carbocycles. The number of ether oxygens (including phenoxy) is 2. The van der Waals surface area contributed by atoms with Gasteiger partial charge in [-0.05, 0) is 39.3 Å². The Morgan fingerprint density at radius 2 is 1.94 bits per heavy atom. The summed E-state index contributed by atoms with van der Waals surface area (Å²) >= 11 is 1.07. The van der Waals surface area contributed by atoms with Crippen molar-refractivity contribution in [1.29, 1.82) is 0 Å². The van der Waals surface area contributed by atoms with Gasteiger partial charge in [-0.2, -0.15) is 0 Å². The number of hydrogen-bond acceptors (Lipinski definition) is 7. The van der Waals surface area contributed by atoms with Gasteiger partial charge in [0.05, 0.1) is 24.0 Å². The summed E-state index contributed by atoms with van der Waals surface area (Å²) in [5.74, 6) is -0.181. The van der Waals surface area contributed by atoms with Gasteiger partial charge in [-0.25, -0.2) is 9.78 Å². The average Bonchev–Trinajstić information content (AvgIpc) is 3.05. The monoisotopic (exact) mass is 443 g/mol. The van der Waals surface area contributed by atoms with Crippen molar-refractivity contribution < 1.29 is 19.1 Å². The highest BCUT2D eigenvalue weighted by molar-refractivity contribution is 7.20. The molecule has 0 radical (unpaired) electrons. The van der Waals surface area contributed by atoms with E-state index in [0.29, 0.717) is 22.0 Å². The fourth-order valence-corrected chi connectivity index (χ4v) is 4.62. The van der Waals surface area contributed by atoms with Crippen LogP contribution in [0.1, 0.15) is 47.4 Å². The van der Waals surface area contributed by atoms with Crippen molar-refractivity contribution in [3.63, 3.8) is 0 Å². The third kappa shape index (κ3) is 3.93. The summed E-state index contributed by atoms with van der Waals surface area (Å²) in [4.78, 5) is 43.6. The lowest BCUT2D eigenvalue weighted by molar-refractivity contribution is -0.152. The Kier molecular flexibility index (Phi) is 6.17. The quantitative estimate of drug-likeness (QED) is 0.562. The fourth-order valence-electron chi connectivity index (χ4n) is 3.57. The molecule has 0 bridgehead atoms. The largest absolute Gasteiger partial charge is 0.496 e. The van der Waals surface area contributed by atoms with Crippen LogP contribution >= 0.6 is 11.3 Å². The van der Waals surface area contributed by atoms with Crippen molar-refractivity contribution in [1.82, 2.24) is 9.55 Å². The number of nitrogens with two attached hydrogens (primary N) is 1. The Balaban J connectivity index is 2.34. The molecule has 3 rings (SSSR count). The van der Waals surface area contributed by atoms with E-state index in [1.165, 1.54) is 4.57 Å². The van der Waals surface area contributed by atoms with E-state index < -0.39 is 23.0 Å². The molecule has 9 heteroatoms. The van der Waals surface area contributed by atoms with Gasteiger partial charge in [0.25, 0.3) is 11.5 Å². The van der Waals surface area contributed by atoms with Gasteiger partial charge in [0.2, 0.25) is 0 Å². The highest BCUT2D eigenvalue weighted by Gasteiger charge is 2.36. The summed E-state index contributed by atoms with van der Waals surface area (Å²) in [6, 6.07) is 7.38. The Morgan fingerprint density at radius 3 is 2.55 bits per heavy atom. The molecule has 0 saturated heterocycles. The molecule has 3 aromatic rings. The van der Waals surface area contributed by atoms with E-state index in [0.717, 1.165) is 16.9 Å². The van der Waals surface area contributed by atoms with Crippen LogP contribution in [-0.4, -0.2) is 35.1 Å². The highest BCUT2D eigenvalue weighted by atomic mass is 32.1. The van der Waals surface area contributed by atoms with Crippen molar-refractivity contribution in [3.8, 4) is 5.75 Å². The Labute approximate surface area is 183 Å². The third-order valence-electron chi connectivity index (χ3n) is 5.13. The number of benzene rings is 1. The van der Waals surface area contributed by atoms with E-state index in [-0.39, 0.29) is 23.3 Å². The first-order valence-corrected chi connectivity index (χ1v) is 10.6. The van der Waals surface area contributed by atoms with Gasteiger partial charge in [-0.3, -0.25) is 14.2 Å². The van der Waals surface area contributed by atoms with Crippen molar-refractivity contribution in [2.75, 3.05) is 13.7 Å². The minimum Gasteiger partial charge on any atom is -0.496 e. The fraction of sp³-hybridized carbons (Fsp3) is 0.364. The van der Waals surface area contributed by atoms with Crippen molar-refractivity contribution in [2.24, 2.45) is 5.73 Å². The molecular formula is C22H25N3O5S. The van der Waals surface area contributed by atoms with Crippen molar-refractivity contribution >= 4 is 33.4 Å². The first-order valence-electron chi connectivity index (χ1n) is 9.77. The maximum absolute atomic E-state index is 13.6. The molecule has 2 N–H and O–H groups in total. The minimum absolute atomic E-state index is 0.178. The van der Waals surface area contributed by atoms with E-state index in [2.05, 4.69) is 4.98 Å². The standard InChI is InChI=1S/C22H25N3O5S/c1-6-30-21(28)22(3,4)25-15(11-13-9-7-8-10-14(13)29-5)24-19-16(20(25)27)12(2)17(31-19)18(23)26/h7-10H,6,11H2,1-5H3,(H2,23,26). The van der Waals surface area contributed by atoms with E-state index in [1.54, 1.807) is 34.8 Å². The number of para-hydroxylation sites is 1. The van der Waals surface area contributed by atoms with Gasteiger partial charge in [-0.15, -0.1) is 11.3 Å². The summed E-state index contributed by atoms with van der Waals surface area (Å²) in [7, 11) is 1.56. The molecule has 0 fully saturated rings. The lowest BCUT2D eigenvalue weighted by atomic mass is 10.0. The van der Waals surface area contributed by atoms with Crippen LogP contribution in [0.2, 0.25) is 0 Å². The molecule has 0 aliphatic heterocycles. The lowest BCUT2D eigenvalue weighted by Crippen LogP contribution is -2.46. The first-order chi connectivity index (χ1) is 14.6. The molecule has 164 valence electrons. The van der Waals surface area contributed by atoms with Crippen LogP contribution in [0.3, 0.4) is 0 Å². The van der Waals surface area contributed by atoms with Gasteiger partial charge in [0.15, 0.2) is 0 Å². The Hall–Kier alpha value is -3.20. The number of fused-ring (bicyclic) bond motifs is 1. The summed E-state index contributed by atoms with van der Waals surface area (Å²) in [5.41, 5.74) is 4.99. The number of nitrogens with zero attached hydrogens (tertiary/aromatic N) is 2. The molecule has 0 atom stereocenters. The van der Waals surface area contributed by atoms with Crippen LogP contribution in [0.4, 0.5) is 0 Å². The average molecular weight is 444 g/mol. The third-order valence-corrected chi connectivity index (χ3v) is 6.33. The topological polar surface area (TPSA) is 114 Å². The number of carbonyl (C=O) groups is 2. The predicted octanol–water partition coefficient (Wildman–Crippen LogP) is 2.76. The van der Waals surface area contributed by atoms with Gasteiger partial charge in [-0.1, -0.05) is 18.2 Å². The first kappa shape index (κ1) is 22.5.